The van der Waals surface area contributed by atoms with Gasteiger partial charge in [0.05, 0.1) is 39.3 Å². The van der Waals surface area contributed by atoms with Gasteiger partial charge in [-0.1, -0.05) is 11.6 Å². The standard InChI is InChI=1S/C14H9ClF3N3/c15-10-3-1-8(7-19)5-13(10)21-12-4-2-9(6-11(12)20)14(16,17)18/h1-6,21H,20H2. The zero-order valence-corrected chi connectivity index (χ0v) is 11.3. The molecule has 7 heteroatoms. The predicted molar refractivity (Wildman–Crippen MR) is 75.3 cm³/mol. The maximum atomic E-state index is 12.6. The third-order valence-corrected chi connectivity index (χ3v) is 3.07. The number of rotatable bonds is 2. The van der Waals surface area contributed by atoms with Crippen LogP contribution in [0.4, 0.5) is 30.2 Å². The van der Waals surface area contributed by atoms with Gasteiger partial charge in [-0.25, -0.2) is 0 Å². The van der Waals surface area contributed by atoms with Crippen molar-refractivity contribution in [3.63, 3.8) is 0 Å². The number of halogens is 4. The molecule has 0 aliphatic carbocycles. The molecule has 21 heavy (non-hydrogen) atoms. The van der Waals surface area contributed by atoms with E-state index in [0.717, 1.165) is 12.1 Å². The van der Waals surface area contributed by atoms with Gasteiger partial charge in [0.2, 0.25) is 0 Å². The molecule has 0 aliphatic heterocycles. The molecular weight excluding hydrogens is 303 g/mol. The zero-order valence-electron chi connectivity index (χ0n) is 10.5. The van der Waals surface area contributed by atoms with Gasteiger partial charge in [0.15, 0.2) is 0 Å². The summed E-state index contributed by atoms with van der Waals surface area (Å²) in [5.41, 5.74) is 5.76. The van der Waals surface area contributed by atoms with Gasteiger partial charge in [-0.15, -0.1) is 0 Å². The lowest BCUT2D eigenvalue weighted by Crippen LogP contribution is -2.06. The number of benzene rings is 2. The van der Waals surface area contributed by atoms with E-state index in [9.17, 15) is 13.2 Å². The van der Waals surface area contributed by atoms with E-state index in [1.54, 1.807) is 0 Å². The maximum absolute atomic E-state index is 12.6. The van der Waals surface area contributed by atoms with Crippen LogP contribution in [-0.4, -0.2) is 0 Å². The molecule has 3 nitrogen and oxygen atoms in total. The van der Waals surface area contributed by atoms with E-state index in [4.69, 9.17) is 22.6 Å². The van der Waals surface area contributed by atoms with Gasteiger partial charge in [0.25, 0.3) is 0 Å². The molecule has 2 aromatic carbocycles. The first kappa shape index (κ1) is 15.0. The van der Waals surface area contributed by atoms with Crippen LogP contribution in [-0.2, 0) is 6.18 Å². The fourth-order valence-corrected chi connectivity index (χ4v) is 1.85. The van der Waals surface area contributed by atoms with E-state index in [2.05, 4.69) is 5.32 Å². The Hall–Kier alpha value is -2.39. The summed E-state index contributed by atoms with van der Waals surface area (Å²) >= 11 is 5.97. The average Bonchev–Trinajstić information content (AvgIpc) is 2.42. The van der Waals surface area contributed by atoms with Gasteiger partial charge in [-0.3, -0.25) is 0 Å². The predicted octanol–water partition coefficient (Wildman–Crippen LogP) is 4.56. The van der Waals surface area contributed by atoms with E-state index in [1.165, 1.54) is 24.3 Å². The second-order valence-electron chi connectivity index (χ2n) is 4.23. The number of nitriles is 1. The summed E-state index contributed by atoms with van der Waals surface area (Å²) in [5, 5.41) is 12.0. The van der Waals surface area contributed by atoms with E-state index >= 15 is 0 Å². The quantitative estimate of drug-likeness (QED) is 0.799. The SMILES string of the molecule is N#Cc1ccc(Cl)c(Nc2ccc(C(F)(F)F)cc2N)c1. The molecule has 2 aromatic rings. The Morgan fingerprint density at radius 2 is 1.81 bits per heavy atom. The Labute approximate surface area is 123 Å². The molecule has 0 aliphatic rings. The van der Waals surface area contributed by atoms with Crippen molar-refractivity contribution in [3.8, 4) is 6.07 Å². The van der Waals surface area contributed by atoms with Crippen molar-refractivity contribution in [1.29, 1.82) is 5.26 Å². The molecule has 0 unspecified atom stereocenters. The number of nitrogens with two attached hydrogens (primary N) is 1. The Morgan fingerprint density at radius 3 is 2.38 bits per heavy atom. The highest BCUT2D eigenvalue weighted by Crippen LogP contribution is 2.35. The number of hydrogen-bond acceptors (Lipinski definition) is 3. The van der Waals surface area contributed by atoms with E-state index in [1.807, 2.05) is 6.07 Å². The van der Waals surface area contributed by atoms with Crippen molar-refractivity contribution in [2.75, 3.05) is 11.1 Å². The highest BCUT2D eigenvalue weighted by atomic mass is 35.5. The van der Waals surface area contributed by atoms with Crippen LogP contribution in [0.5, 0.6) is 0 Å². The highest BCUT2D eigenvalue weighted by Gasteiger charge is 2.30. The van der Waals surface area contributed by atoms with Crippen molar-refractivity contribution >= 4 is 28.7 Å². The molecule has 0 fully saturated rings. The van der Waals surface area contributed by atoms with E-state index in [-0.39, 0.29) is 11.4 Å². The number of nitrogens with one attached hydrogen (secondary N) is 1. The van der Waals surface area contributed by atoms with Gasteiger partial charge in [-0.05, 0) is 36.4 Å². The number of nitrogen functional groups attached to an aromatic ring is 1. The topological polar surface area (TPSA) is 61.8 Å². The zero-order chi connectivity index (χ0) is 15.6. The number of nitrogens with zero attached hydrogens (tertiary/aromatic N) is 1. The summed E-state index contributed by atoms with van der Waals surface area (Å²) in [4.78, 5) is 0. The highest BCUT2D eigenvalue weighted by molar-refractivity contribution is 6.33. The molecule has 0 radical (unpaired) electrons. The summed E-state index contributed by atoms with van der Waals surface area (Å²) in [5.74, 6) is 0. The minimum absolute atomic E-state index is 0.0664. The summed E-state index contributed by atoms with van der Waals surface area (Å²) in [6.45, 7) is 0. The average molecular weight is 312 g/mol. The molecule has 0 saturated heterocycles. The molecule has 0 aromatic heterocycles. The smallest absolute Gasteiger partial charge is 0.397 e. The first-order chi connectivity index (χ1) is 9.81. The second-order valence-corrected chi connectivity index (χ2v) is 4.64. The summed E-state index contributed by atoms with van der Waals surface area (Å²) in [7, 11) is 0. The number of alkyl halides is 3. The normalized spacial score (nSPS) is 11.0. The van der Waals surface area contributed by atoms with Crippen molar-refractivity contribution in [2.24, 2.45) is 0 Å². The lowest BCUT2D eigenvalue weighted by atomic mass is 10.1. The van der Waals surface area contributed by atoms with Crippen LogP contribution < -0.4 is 11.1 Å². The molecule has 2 rings (SSSR count). The van der Waals surface area contributed by atoms with Gasteiger partial charge >= 0.3 is 6.18 Å². The number of anilines is 3. The fraction of sp³-hybridized carbons (Fsp3) is 0.0714. The van der Waals surface area contributed by atoms with Gasteiger partial charge in [0.1, 0.15) is 0 Å². The molecule has 0 bridgehead atoms. The fourth-order valence-electron chi connectivity index (χ4n) is 1.69. The van der Waals surface area contributed by atoms with Gasteiger partial charge < -0.3 is 11.1 Å². The molecule has 108 valence electrons. The maximum Gasteiger partial charge on any atom is 0.416 e. The van der Waals surface area contributed by atoms with Gasteiger partial charge in [-0.2, -0.15) is 18.4 Å². The van der Waals surface area contributed by atoms with Crippen molar-refractivity contribution in [3.05, 3.63) is 52.5 Å². The lowest BCUT2D eigenvalue weighted by molar-refractivity contribution is -0.137. The summed E-state index contributed by atoms with van der Waals surface area (Å²) < 4.78 is 37.7. The molecule has 3 N–H and O–H groups in total. The Bertz CT molecular complexity index is 720. The van der Waals surface area contributed by atoms with Crippen LogP contribution in [0.15, 0.2) is 36.4 Å². The minimum Gasteiger partial charge on any atom is -0.397 e. The first-order valence-electron chi connectivity index (χ1n) is 5.74. The molecule has 0 saturated carbocycles. The van der Waals surface area contributed by atoms with Crippen LogP contribution in [0.1, 0.15) is 11.1 Å². The lowest BCUT2D eigenvalue weighted by Gasteiger charge is -2.13. The second kappa shape index (κ2) is 5.54. The van der Waals surface area contributed by atoms with Crippen LogP contribution in [0.3, 0.4) is 0 Å². The summed E-state index contributed by atoms with van der Waals surface area (Å²) in [6.07, 6.45) is -4.45. The van der Waals surface area contributed by atoms with Crippen LogP contribution in [0, 0.1) is 11.3 Å². The Balaban J connectivity index is 2.35. The molecule has 0 heterocycles. The molecule has 0 atom stereocenters. The third kappa shape index (κ3) is 3.38. The minimum atomic E-state index is -4.45. The largest absolute Gasteiger partial charge is 0.416 e. The van der Waals surface area contributed by atoms with Gasteiger partial charge in [0, 0.05) is 0 Å². The van der Waals surface area contributed by atoms with Crippen molar-refractivity contribution in [2.45, 2.75) is 6.18 Å². The monoisotopic (exact) mass is 311 g/mol. The van der Waals surface area contributed by atoms with E-state index in [0.29, 0.717) is 16.3 Å². The van der Waals surface area contributed by atoms with Crippen molar-refractivity contribution < 1.29 is 13.2 Å². The van der Waals surface area contributed by atoms with E-state index < -0.39 is 11.7 Å². The molecular formula is C14H9ClF3N3. The Kier molecular flexibility index (Phi) is 3.96. The number of hydrogen-bond donors (Lipinski definition) is 2. The van der Waals surface area contributed by atoms with Crippen molar-refractivity contribution in [1.82, 2.24) is 0 Å². The van der Waals surface area contributed by atoms with Crippen LogP contribution in [0.25, 0.3) is 0 Å². The summed E-state index contributed by atoms with van der Waals surface area (Å²) in [6, 6.07) is 9.45. The van der Waals surface area contributed by atoms with Crippen LogP contribution >= 0.6 is 11.6 Å². The third-order valence-electron chi connectivity index (χ3n) is 2.74. The van der Waals surface area contributed by atoms with Crippen LogP contribution in [0.2, 0.25) is 5.02 Å². The Morgan fingerprint density at radius 1 is 1.10 bits per heavy atom. The molecule has 0 amide bonds. The molecule has 0 spiro atoms. The first-order valence-corrected chi connectivity index (χ1v) is 6.12.